The second kappa shape index (κ2) is 5.22. The van der Waals surface area contributed by atoms with Crippen LogP contribution in [0, 0.1) is 11.3 Å². The van der Waals surface area contributed by atoms with E-state index in [1.807, 2.05) is 0 Å². The van der Waals surface area contributed by atoms with Crippen LogP contribution in [0.4, 0.5) is 0 Å². The third-order valence-corrected chi connectivity index (χ3v) is 4.45. The van der Waals surface area contributed by atoms with E-state index in [1.165, 1.54) is 31.5 Å². The van der Waals surface area contributed by atoms with E-state index in [1.54, 1.807) is 0 Å². The highest BCUT2D eigenvalue weighted by molar-refractivity contribution is 5.14. The van der Waals surface area contributed by atoms with Crippen LogP contribution in [0.3, 0.4) is 0 Å². The fourth-order valence-electron chi connectivity index (χ4n) is 2.82. The summed E-state index contributed by atoms with van der Waals surface area (Å²) in [6.07, 6.45) is 2.73. The van der Waals surface area contributed by atoms with Gasteiger partial charge < -0.3 is 0 Å². The van der Waals surface area contributed by atoms with E-state index in [9.17, 15) is 0 Å². The molecule has 1 nitrogen and oxygen atoms in total. The number of nitrogens with zero attached hydrogens (tertiary/aromatic N) is 1. The van der Waals surface area contributed by atoms with Crippen LogP contribution in [0.2, 0.25) is 0 Å². The first-order valence-corrected chi connectivity index (χ1v) is 6.86. The third-order valence-electron chi connectivity index (χ3n) is 4.45. The van der Waals surface area contributed by atoms with Crippen LogP contribution in [0.5, 0.6) is 0 Å². The van der Waals surface area contributed by atoms with Gasteiger partial charge in [-0.05, 0) is 36.3 Å². The van der Waals surface area contributed by atoms with Crippen LogP contribution in [0.1, 0.15) is 39.2 Å². The van der Waals surface area contributed by atoms with Gasteiger partial charge in [0.2, 0.25) is 0 Å². The minimum Gasteiger partial charge on any atom is -0.299 e. The summed E-state index contributed by atoms with van der Waals surface area (Å²) in [6, 6.07) is 10.8. The van der Waals surface area contributed by atoms with Crippen molar-refractivity contribution in [2.75, 3.05) is 13.1 Å². The molecule has 1 heteroatoms. The van der Waals surface area contributed by atoms with Crippen molar-refractivity contribution < 1.29 is 0 Å². The first kappa shape index (κ1) is 12.6. The predicted octanol–water partition coefficient (Wildman–Crippen LogP) is 3.94. The molecule has 0 unspecified atom stereocenters. The number of piperidine rings is 1. The van der Waals surface area contributed by atoms with Gasteiger partial charge in [-0.15, -0.1) is 0 Å². The molecule has 1 aromatic carbocycles. The van der Waals surface area contributed by atoms with Crippen LogP contribution in [0.25, 0.3) is 0 Å². The molecular formula is C16H25N. The molecule has 1 fully saturated rings. The number of hydrogen-bond donors (Lipinski definition) is 0. The molecule has 0 spiro atoms. The SMILES string of the molecule is CC(C)[C@]1(C)CCCN(Cc2ccccc2)C1. The van der Waals surface area contributed by atoms with Gasteiger partial charge >= 0.3 is 0 Å². The Morgan fingerprint density at radius 1 is 1.24 bits per heavy atom. The van der Waals surface area contributed by atoms with Crippen molar-refractivity contribution in [2.45, 2.75) is 40.2 Å². The molecular weight excluding hydrogens is 206 g/mol. The zero-order chi connectivity index (χ0) is 12.3. The Hall–Kier alpha value is -0.820. The van der Waals surface area contributed by atoms with Crippen LogP contribution < -0.4 is 0 Å². The quantitative estimate of drug-likeness (QED) is 0.761. The van der Waals surface area contributed by atoms with Gasteiger partial charge in [-0.3, -0.25) is 4.90 Å². The summed E-state index contributed by atoms with van der Waals surface area (Å²) in [5.41, 5.74) is 1.95. The van der Waals surface area contributed by atoms with Crippen molar-refractivity contribution in [1.82, 2.24) is 4.90 Å². The van der Waals surface area contributed by atoms with Crippen molar-refractivity contribution in [2.24, 2.45) is 11.3 Å². The van der Waals surface area contributed by atoms with Crippen LogP contribution >= 0.6 is 0 Å². The molecule has 94 valence electrons. The van der Waals surface area contributed by atoms with E-state index in [2.05, 4.69) is 56.0 Å². The molecule has 0 aromatic heterocycles. The lowest BCUT2D eigenvalue weighted by molar-refractivity contribution is 0.0588. The van der Waals surface area contributed by atoms with Gasteiger partial charge in [0.15, 0.2) is 0 Å². The first-order valence-electron chi connectivity index (χ1n) is 6.86. The summed E-state index contributed by atoms with van der Waals surface area (Å²) in [6.45, 7) is 10.8. The van der Waals surface area contributed by atoms with E-state index in [-0.39, 0.29) is 0 Å². The zero-order valence-electron chi connectivity index (χ0n) is 11.4. The molecule has 0 N–H and O–H groups in total. The summed E-state index contributed by atoms with van der Waals surface area (Å²) in [7, 11) is 0. The molecule has 17 heavy (non-hydrogen) atoms. The minimum atomic E-state index is 0.507. The fraction of sp³-hybridized carbons (Fsp3) is 0.625. The maximum Gasteiger partial charge on any atom is 0.0233 e. The van der Waals surface area contributed by atoms with Crippen molar-refractivity contribution in [1.29, 1.82) is 0 Å². The Bertz CT molecular complexity index is 344. The Kier molecular flexibility index (Phi) is 3.88. The van der Waals surface area contributed by atoms with E-state index in [0.29, 0.717) is 5.41 Å². The van der Waals surface area contributed by atoms with Gasteiger partial charge in [-0.25, -0.2) is 0 Å². The maximum atomic E-state index is 2.62. The molecule has 0 radical (unpaired) electrons. The smallest absolute Gasteiger partial charge is 0.0233 e. The van der Waals surface area contributed by atoms with Crippen LogP contribution in [0.15, 0.2) is 30.3 Å². The van der Waals surface area contributed by atoms with Gasteiger partial charge in [0.25, 0.3) is 0 Å². The molecule has 1 saturated heterocycles. The van der Waals surface area contributed by atoms with Gasteiger partial charge in [-0.1, -0.05) is 51.1 Å². The molecule has 0 amide bonds. The maximum absolute atomic E-state index is 2.62. The van der Waals surface area contributed by atoms with Crippen LogP contribution in [-0.2, 0) is 6.54 Å². The molecule has 0 saturated carbocycles. The summed E-state index contributed by atoms with van der Waals surface area (Å²) >= 11 is 0. The average Bonchev–Trinajstić information content (AvgIpc) is 2.30. The summed E-state index contributed by atoms with van der Waals surface area (Å²) < 4.78 is 0. The van der Waals surface area contributed by atoms with Gasteiger partial charge in [0.05, 0.1) is 0 Å². The average molecular weight is 231 g/mol. The molecule has 0 aliphatic carbocycles. The standard InChI is InChI=1S/C16H25N/c1-14(2)16(3)10-7-11-17(13-16)12-15-8-5-4-6-9-15/h4-6,8-9,14H,7,10-13H2,1-3H3/t16-/m1/s1. The molecule has 1 heterocycles. The van der Waals surface area contributed by atoms with Gasteiger partial charge in [-0.2, -0.15) is 0 Å². The largest absolute Gasteiger partial charge is 0.299 e. The number of benzene rings is 1. The highest BCUT2D eigenvalue weighted by atomic mass is 15.1. The Labute approximate surface area is 106 Å². The molecule has 1 atom stereocenters. The lowest BCUT2D eigenvalue weighted by atomic mass is 9.73. The van der Waals surface area contributed by atoms with Gasteiger partial charge in [0, 0.05) is 13.1 Å². The molecule has 1 aromatic rings. The van der Waals surface area contributed by atoms with Crippen molar-refractivity contribution >= 4 is 0 Å². The van der Waals surface area contributed by atoms with Gasteiger partial charge in [0.1, 0.15) is 0 Å². The number of hydrogen-bond acceptors (Lipinski definition) is 1. The predicted molar refractivity (Wildman–Crippen MR) is 73.9 cm³/mol. The summed E-state index contributed by atoms with van der Waals surface area (Å²) in [5, 5.41) is 0. The summed E-state index contributed by atoms with van der Waals surface area (Å²) in [4.78, 5) is 2.62. The number of likely N-dealkylation sites (tertiary alicyclic amines) is 1. The van der Waals surface area contributed by atoms with E-state index in [0.717, 1.165) is 12.5 Å². The Morgan fingerprint density at radius 3 is 2.59 bits per heavy atom. The summed E-state index contributed by atoms with van der Waals surface area (Å²) in [5.74, 6) is 0.779. The monoisotopic (exact) mass is 231 g/mol. The normalized spacial score (nSPS) is 26.4. The zero-order valence-corrected chi connectivity index (χ0v) is 11.4. The minimum absolute atomic E-state index is 0.507. The Morgan fingerprint density at radius 2 is 1.94 bits per heavy atom. The highest BCUT2D eigenvalue weighted by Crippen LogP contribution is 2.36. The highest BCUT2D eigenvalue weighted by Gasteiger charge is 2.33. The molecule has 0 bridgehead atoms. The van der Waals surface area contributed by atoms with Crippen molar-refractivity contribution in [3.63, 3.8) is 0 Å². The Balaban J connectivity index is 1.99. The second-order valence-electron chi connectivity index (χ2n) is 6.11. The van der Waals surface area contributed by atoms with Crippen LogP contribution in [-0.4, -0.2) is 18.0 Å². The van der Waals surface area contributed by atoms with E-state index in [4.69, 9.17) is 0 Å². The lowest BCUT2D eigenvalue weighted by Gasteiger charge is -2.43. The fourth-order valence-corrected chi connectivity index (χ4v) is 2.82. The van der Waals surface area contributed by atoms with Crippen molar-refractivity contribution in [3.8, 4) is 0 Å². The third kappa shape index (κ3) is 3.10. The first-order chi connectivity index (χ1) is 8.10. The molecule has 2 rings (SSSR count). The van der Waals surface area contributed by atoms with E-state index >= 15 is 0 Å². The van der Waals surface area contributed by atoms with Crippen molar-refractivity contribution in [3.05, 3.63) is 35.9 Å². The molecule has 1 aliphatic heterocycles. The number of rotatable bonds is 3. The molecule has 1 aliphatic rings. The lowest BCUT2D eigenvalue weighted by Crippen LogP contribution is -2.43. The topological polar surface area (TPSA) is 3.24 Å². The second-order valence-corrected chi connectivity index (χ2v) is 6.11. The van der Waals surface area contributed by atoms with E-state index < -0.39 is 0 Å².